The molecule has 0 saturated carbocycles. The predicted molar refractivity (Wildman–Crippen MR) is 279 cm³/mol. The van der Waals surface area contributed by atoms with Crippen molar-refractivity contribution >= 4 is 76.2 Å². The summed E-state index contributed by atoms with van der Waals surface area (Å²) in [6, 6.07) is 85.1. The highest BCUT2D eigenvalue weighted by Gasteiger charge is 2.20. The second kappa shape index (κ2) is 14.7. The minimum absolute atomic E-state index is 0.662. The minimum Gasteiger partial charge on any atom is -0.309 e. The molecule has 10 aromatic carbocycles. The van der Waals surface area contributed by atoms with Gasteiger partial charge in [0.15, 0.2) is 5.82 Å². The quantitative estimate of drug-likeness (QED) is 0.167. The van der Waals surface area contributed by atoms with Crippen LogP contribution in [0.1, 0.15) is 0 Å². The average Bonchev–Trinajstić information content (AvgIpc) is 4.04. The van der Waals surface area contributed by atoms with Gasteiger partial charge < -0.3 is 13.7 Å². The molecular formula is C62H39N5. The maximum Gasteiger partial charge on any atom is 0.160 e. The SMILES string of the molecule is c1ccc2c(-c3cc(-c4cc(-n5c6ccccc6c6ccccc65)cc(-n5c6ccccc6c6ccccc65)c4)nc(-c4ccc(-n5c6ccccc6c6ccccc65)cc4)n3)cccc2c1. The summed E-state index contributed by atoms with van der Waals surface area (Å²) in [6.07, 6.45) is 0. The van der Waals surface area contributed by atoms with Crippen molar-refractivity contribution in [1.82, 2.24) is 23.7 Å². The standard InChI is InChI=1S/C62H39N5/c1-2-18-46-40(16-1)17-15-25-47(46)55-39-54(63-62(64-55)41-32-34-43(35-33-41)65-56-26-9-3-19-48(56)49-20-4-10-27-57(49)65)42-36-44(66-58-28-11-5-21-50(58)51-22-6-12-29-59(51)66)38-45(37-42)67-60-30-13-7-23-52(60)53-24-8-14-31-61(53)67/h1-39H. The van der Waals surface area contributed by atoms with E-state index in [0.717, 1.165) is 72.6 Å². The Morgan fingerprint density at radius 3 is 1.09 bits per heavy atom. The van der Waals surface area contributed by atoms with Gasteiger partial charge in [0.1, 0.15) is 0 Å². The van der Waals surface area contributed by atoms with Crippen LogP contribution in [0.5, 0.6) is 0 Å². The molecule has 0 aliphatic heterocycles. The first-order valence-corrected chi connectivity index (χ1v) is 22.8. The number of para-hydroxylation sites is 6. The summed E-state index contributed by atoms with van der Waals surface area (Å²) >= 11 is 0. The molecule has 5 nitrogen and oxygen atoms in total. The molecule has 0 atom stereocenters. The van der Waals surface area contributed by atoms with Crippen molar-refractivity contribution < 1.29 is 0 Å². The lowest BCUT2D eigenvalue weighted by molar-refractivity contribution is 1.13. The van der Waals surface area contributed by atoms with Crippen LogP contribution in [0.3, 0.4) is 0 Å². The molecule has 14 aromatic rings. The maximum atomic E-state index is 5.53. The molecule has 4 heterocycles. The summed E-state index contributed by atoms with van der Waals surface area (Å²) in [5.74, 6) is 0.662. The zero-order valence-electron chi connectivity index (χ0n) is 36.3. The van der Waals surface area contributed by atoms with Gasteiger partial charge in [0.2, 0.25) is 0 Å². The van der Waals surface area contributed by atoms with E-state index < -0.39 is 0 Å². The Morgan fingerprint density at radius 2 is 0.627 bits per heavy atom. The summed E-state index contributed by atoms with van der Waals surface area (Å²) in [4.78, 5) is 11.0. The molecule has 14 rings (SSSR count). The first-order chi connectivity index (χ1) is 33.2. The predicted octanol–water partition coefficient (Wildman–Crippen LogP) is 15.9. The van der Waals surface area contributed by atoms with Gasteiger partial charge in [-0.15, -0.1) is 0 Å². The number of nitrogens with zero attached hydrogens (tertiary/aromatic N) is 5. The van der Waals surface area contributed by atoms with Gasteiger partial charge in [-0.2, -0.15) is 0 Å². The van der Waals surface area contributed by atoms with Crippen LogP contribution in [-0.2, 0) is 0 Å². The van der Waals surface area contributed by atoms with E-state index in [-0.39, 0.29) is 0 Å². The summed E-state index contributed by atoms with van der Waals surface area (Å²) in [5, 5.41) is 9.65. The highest BCUT2D eigenvalue weighted by atomic mass is 15.0. The number of benzene rings is 10. The number of fused-ring (bicyclic) bond motifs is 10. The normalized spacial score (nSPS) is 11.9. The molecule has 0 bridgehead atoms. The fourth-order valence-corrected chi connectivity index (χ4v) is 10.7. The summed E-state index contributed by atoms with van der Waals surface area (Å²) in [5.41, 5.74) is 14.8. The van der Waals surface area contributed by atoms with Crippen molar-refractivity contribution in [3.8, 4) is 51.0 Å². The first kappa shape index (κ1) is 37.3. The van der Waals surface area contributed by atoms with Crippen LogP contribution in [0.15, 0.2) is 237 Å². The molecule has 0 radical (unpaired) electrons. The van der Waals surface area contributed by atoms with Crippen molar-refractivity contribution in [1.29, 1.82) is 0 Å². The molecule has 67 heavy (non-hydrogen) atoms. The lowest BCUT2D eigenvalue weighted by Gasteiger charge is -2.17. The number of rotatable bonds is 6. The summed E-state index contributed by atoms with van der Waals surface area (Å²) in [6.45, 7) is 0. The Hall–Kier alpha value is -9.06. The first-order valence-electron chi connectivity index (χ1n) is 22.8. The molecule has 0 N–H and O–H groups in total. The fraction of sp³-hybridized carbons (Fsp3) is 0. The van der Waals surface area contributed by atoms with Crippen molar-refractivity contribution in [3.05, 3.63) is 237 Å². The molecule has 0 amide bonds. The van der Waals surface area contributed by atoms with Crippen molar-refractivity contribution in [3.63, 3.8) is 0 Å². The Morgan fingerprint density at radius 1 is 0.254 bits per heavy atom. The highest BCUT2D eigenvalue weighted by molar-refractivity contribution is 6.11. The van der Waals surface area contributed by atoms with Gasteiger partial charge in [0.25, 0.3) is 0 Å². The van der Waals surface area contributed by atoms with E-state index in [9.17, 15) is 0 Å². The third-order valence-corrected chi connectivity index (χ3v) is 13.6. The van der Waals surface area contributed by atoms with Gasteiger partial charge in [-0.25, -0.2) is 9.97 Å². The molecule has 0 fully saturated rings. The minimum atomic E-state index is 0.662. The molecule has 5 heteroatoms. The summed E-state index contributed by atoms with van der Waals surface area (Å²) in [7, 11) is 0. The van der Waals surface area contributed by atoms with Crippen LogP contribution < -0.4 is 0 Å². The maximum absolute atomic E-state index is 5.53. The van der Waals surface area contributed by atoms with Crippen LogP contribution in [0, 0.1) is 0 Å². The van der Waals surface area contributed by atoms with Gasteiger partial charge in [-0.05, 0) is 95.7 Å². The summed E-state index contributed by atoms with van der Waals surface area (Å²) < 4.78 is 7.17. The number of hydrogen-bond acceptors (Lipinski definition) is 2. The topological polar surface area (TPSA) is 40.6 Å². The third kappa shape index (κ3) is 5.81. The van der Waals surface area contributed by atoms with Crippen LogP contribution in [0.2, 0.25) is 0 Å². The lowest BCUT2D eigenvalue weighted by atomic mass is 10.00. The Labute approximate surface area is 385 Å². The van der Waals surface area contributed by atoms with Crippen molar-refractivity contribution in [2.45, 2.75) is 0 Å². The molecule has 312 valence electrons. The van der Waals surface area contributed by atoms with E-state index in [1.54, 1.807) is 0 Å². The van der Waals surface area contributed by atoms with E-state index in [1.165, 1.54) is 48.7 Å². The van der Waals surface area contributed by atoms with Crippen LogP contribution in [-0.4, -0.2) is 23.7 Å². The number of aromatic nitrogens is 5. The Balaban J connectivity index is 1.03. The molecule has 0 saturated heterocycles. The monoisotopic (exact) mass is 853 g/mol. The second-order valence-electron chi connectivity index (χ2n) is 17.4. The van der Waals surface area contributed by atoms with Gasteiger partial charge in [0.05, 0.1) is 44.5 Å². The zero-order valence-corrected chi connectivity index (χ0v) is 36.3. The van der Waals surface area contributed by atoms with E-state index in [4.69, 9.17) is 9.97 Å². The van der Waals surface area contributed by atoms with E-state index in [2.05, 4.69) is 250 Å². The average molecular weight is 854 g/mol. The van der Waals surface area contributed by atoms with Gasteiger partial charge in [-0.3, -0.25) is 0 Å². The fourth-order valence-electron chi connectivity index (χ4n) is 10.7. The molecule has 4 aromatic heterocycles. The Bertz CT molecular complexity index is 3980. The molecule has 0 aliphatic rings. The van der Waals surface area contributed by atoms with E-state index >= 15 is 0 Å². The second-order valence-corrected chi connectivity index (χ2v) is 17.4. The van der Waals surface area contributed by atoms with Crippen LogP contribution in [0.25, 0.3) is 127 Å². The zero-order chi connectivity index (χ0) is 44.0. The van der Waals surface area contributed by atoms with Crippen LogP contribution in [0.4, 0.5) is 0 Å². The largest absolute Gasteiger partial charge is 0.309 e. The van der Waals surface area contributed by atoms with Crippen LogP contribution >= 0.6 is 0 Å². The van der Waals surface area contributed by atoms with Gasteiger partial charge in [0, 0.05) is 66.1 Å². The molecular weight excluding hydrogens is 815 g/mol. The van der Waals surface area contributed by atoms with Crippen molar-refractivity contribution in [2.75, 3.05) is 0 Å². The smallest absolute Gasteiger partial charge is 0.160 e. The van der Waals surface area contributed by atoms with Gasteiger partial charge >= 0.3 is 0 Å². The third-order valence-electron chi connectivity index (χ3n) is 13.6. The van der Waals surface area contributed by atoms with E-state index in [1.807, 2.05) is 0 Å². The highest BCUT2D eigenvalue weighted by Crippen LogP contribution is 2.40. The molecule has 0 spiro atoms. The lowest BCUT2D eigenvalue weighted by Crippen LogP contribution is -2.02. The van der Waals surface area contributed by atoms with E-state index in [0.29, 0.717) is 5.82 Å². The molecule has 0 unspecified atom stereocenters. The Kier molecular flexibility index (Phi) is 8.21. The van der Waals surface area contributed by atoms with Gasteiger partial charge in [-0.1, -0.05) is 152 Å². The molecule has 0 aliphatic carbocycles. The number of hydrogen-bond donors (Lipinski definition) is 0. The van der Waals surface area contributed by atoms with Crippen molar-refractivity contribution in [2.24, 2.45) is 0 Å².